The highest BCUT2D eigenvalue weighted by Gasteiger charge is 2.12. The molecule has 10 heteroatoms. The number of aromatic nitrogens is 1. The average molecular weight is 562 g/mol. The lowest BCUT2D eigenvalue weighted by Gasteiger charge is -2.17. The zero-order chi connectivity index (χ0) is 20.9. The van der Waals surface area contributed by atoms with E-state index in [1.165, 1.54) is 6.26 Å². The van der Waals surface area contributed by atoms with Crippen molar-refractivity contribution in [3.8, 4) is 10.8 Å². The van der Waals surface area contributed by atoms with E-state index in [-0.39, 0.29) is 35.8 Å². The summed E-state index contributed by atoms with van der Waals surface area (Å²) < 4.78 is 29.7. The molecule has 0 radical (unpaired) electrons. The van der Waals surface area contributed by atoms with Gasteiger partial charge in [-0.15, -0.1) is 35.3 Å². The van der Waals surface area contributed by atoms with Crippen molar-refractivity contribution in [1.82, 2.24) is 15.6 Å². The Labute approximate surface area is 198 Å². The molecule has 0 spiro atoms. The van der Waals surface area contributed by atoms with Crippen molar-refractivity contribution in [2.75, 3.05) is 18.6 Å². The molecule has 0 aliphatic carbocycles. The molecule has 0 saturated carbocycles. The van der Waals surface area contributed by atoms with Crippen LogP contribution in [0.3, 0.4) is 0 Å². The molecule has 30 heavy (non-hydrogen) atoms. The molecule has 2 aromatic heterocycles. The molecule has 0 amide bonds. The molecule has 3 aromatic rings. The Morgan fingerprint density at radius 1 is 1.27 bits per heavy atom. The van der Waals surface area contributed by atoms with Crippen LogP contribution in [0.5, 0.6) is 0 Å². The van der Waals surface area contributed by atoms with E-state index >= 15 is 0 Å². The number of sulfone groups is 1. The highest BCUT2D eigenvalue weighted by atomic mass is 127. The number of fused-ring (bicyclic) bond motifs is 1. The molecule has 1 atom stereocenters. The van der Waals surface area contributed by atoms with Crippen LogP contribution in [0.25, 0.3) is 21.0 Å². The fourth-order valence-corrected chi connectivity index (χ4v) is 4.44. The normalized spacial score (nSPS) is 13.1. The molecular formula is C20H27IN4O3S2. The minimum absolute atomic E-state index is 0. The van der Waals surface area contributed by atoms with Gasteiger partial charge in [-0.3, -0.25) is 0 Å². The van der Waals surface area contributed by atoms with Crippen LogP contribution < -0.4 is 10.6 Å². The van der Waals surface area contributed by atoms with Crippen LogP contribution in [0.15, 0.2) is 45.8 Å². The summed E-state index contributed by atoms with van der Waals surface area (Å²) in [6.07, 6.45) is 1.77. The Morgan fingerprint density at radius 2 is 2.03 bits per heavy atom. The van der Waals surface area contributed by atoms with Crippen LogP contribution >= 0.6 is 35.3 Å². The van der Waals surface area contributed by atoms with E-state index in [9.17, 15) is 8.42 Å². The number of hydrogen-bond donors (Lipinski definition) is 2. The SMILES string of the molecule is CCNC(=NCc1ccc(-c2nc3ccccc3s2)o1)NC(C)CCS(C)(=O)=O.I. The van der Waals surface area contributed by atoms with Crippen molar-refractivity contribution in [3.63, 3.8) is 0 Å². The van der Waals surface area contributed by atoms with Gasteiger partial charge in [-0.05, 0) is 44.5 Å². The third-order valence-corrected chi connectivity index (χ3v) is 6.24. The van der Waals surface area contributed by atoms with Gasteiger partial charge in [-0.1, -0.05) is 12.1 Å². The number of nitrogens with zero attached hydrogens (tertiary/aromatic N) is 2. The summed E-state index contributed by atoms with van der Waals surface area (Å²) >= 11 is 1.60. The third-order valence-electron chi connectivity index (χ3n) is 4.21. The Balaban J connectivity index is 0.00000320. The smallest absolute Gasteiger partial charge is 0.191 e. The number of para-hydroxylation sites is 1. The van der Waals surface area contributed by atoms with E-state index in [0.717, 1.165) is 26.7 Å². The highest BCUT2D eigenvalue weighted by Crippen LogP contribution is 2.31. The number of furan rings is 1. The van der Waals surface area contributed by atoms with Crippen LogP contribution in [0, 0.1) is 0 Å². The van der Waals surface area contributed by atoms with Gasteiger partial charge in [0.15, 0.2) is 16.7 Å². The van der Waals surface area contributed by atoms with Gasteiger partial charge < -0.3 is 15.1 Å². The molecular weight excluding hydrogens is 535 g/mol. The van der Waals surface area contributed by atoms with E-state index in [2.05, 4.69) is 20.6 Å². The van der Waals surface area contributed by atoms with Gasteiger partial charge in [0.1, 0.15) is 22.1 Å². The third kappa shape index (κ3) is 7.24. The lowest BCUT2D eigenvalue weighted by atomic mass is 10.3. The second-order valence-corrected chi connectivity index (χ2v) is 10.2. The first-order chi connectivity index (χ1) is 13.8. The molecule has 0 saturated heterocycles. The van der Waals surface area contributed by atoms with E-state index in [0.29, 0.717) is 25.5 Å². The second-order valence-electron chi connectivity index (χ2n) is 6.91. The summed E-state index contributed by atoms with van der Waals surface area (Å²) in [6, 6.07) is 11.8. The summed E-state index contributed by atoms with van der Waals surface area (Å²) in [6.45, 7) is 5.01. The van der Waals surface area contributed by atoms with Gasteiger partial charge in [0.2, 0.25) is 0 Å². The minimum Gasteiger partial charge on any atom is -0.457 e. The summed E-state index contributed by atoms with van der Waals surface area (Å²) in [5.41, 5.74) is 0.963. The largest absolute Gasteiger partial charge is 0.457 e. The van der Waals surface area contributed by atoms with Crippen LogP contribution in [-0.4, -0.2) is 44.0 Å². The number of guanidine groups is 1. The number of aliphatic imine (C=N–C) groups is 1. The molecule has 164 valence electrons. The van der Waals surface area contributed by atoms with Crippen LogP contribution in [0.4, 0.5) is 0 Å². The van der Waals surface area contributed by atoms with E-state index < -0.39 is 9.84 Å². The summed E-state index contributed by atoms with van der Waals surface area (Å²) in [4.78, 5) is 9.17. The van der Waals surface area contributed by atoms with Crippen molar-refractivity contribution >= 4 is 61.3 Å². The average Bonchev–Trinajstić information content (AvgIpc) is 3.30. The Bertz CT molecular complexity index is 1060. The first-order valence-electron chi connectivity index (χ1n) is 9.51. The minimum atomic E-state index is -2.98. The quantitative estimate of drug-likeness (QED) is 0.244. The number of thiazole rings is 1. The van der Waals surface area contributed by atoms with Gasteiger partial charge in [0.25, 0.3) is 0 Å². The molecule has 1 unspecified atom stereocenters. The molecule has 1 aromatic carbocycles. The maximum absolute atomic E-state index is 11.3. The molecule has 7 nitrogen and oxygen atoms in total. The lowest BCUT2D eigenvalue weighted by molar-refractivity contribution is 0.523. The van der Waals surface area contributed by atoms with Crippen LogP contribution in [0.2, 0.25) is 0 Å². The van der Waals surface area contributed by atoms with Gasteiger partial charge in [0.05, 0.1) is 16.0 Å². The van der Waals surface area contributed by atoms with Crippen LogP contribution in [-0.2, 0) is 16.4 Å². The number of nitrogens with one attached hydrogen (secondary N) is 2. The van der Waals surface area contributed by atoms with Crippen molar-refractivity contribution in [2.24, 2.45) is 4.99 Å². The first-order valence-corrected chi connectivity index (χ1v) is 12.4. The molecule has 0 fully saturated rings. The van der Waals surface area contributed by atoms with Crippen LogP contribution in [0.1, 0.15) is 26.0 Å². The fraction of sp³-hybridized carbons (Fsp3) is 0.400. The highest BCUT2D eigenvalue weighted by molar-refractivity contribution is 14.0. The van der Waals surface area contributed by atoms with E-state index in [4.69, 9.17) is 4.42 Å². The Morgan fingerprint density at radius 3 is 2.73 bits per heavy atom. The first kappa shape index (κ1) is 24.6. The Kier molecular flexibility index (Phi) is 9.10. The van der Waals surface area contributed by atoms with Gasteiger partial charge in [-0.25, -0.2) is 18.4 Å². The topological polar surface area (TPSA) is 96.6 Å². The summed E-state index contributed by atoms with van der Waals surface area (Å²) in [5.74, 6) is 2.24. The zero-order valence-electron chi connectivity index (χ0n) is 17.2. The maximum atomic E-state index is 11.3. The summed E-state index contributed by atoms with van der Waals surface area (Å²) in [7, 11) is -2.98. The molecule has 3 rings (SSSR count). The fourth-order valence-electron chi connectivity index (χ4n) is 2.73. The lowest BCUT2D eigenvalue weighted by Crippen LogP contribution is -2.42. The number of halogens is 1. The van der Waals surface area contributed by atoms with Crippen molar-refractivity contribution in [2.45, 2.75) is 32.9 Å². The van der Waals surface area contributed by atoms with Gasteiger partial charge in [0, 0.05) is 18.8 Å². The van der Waals surface area contributed by atoms with Gasteiger partial charge >= 0.3 is 0 Å². The van der Waals surface area contributed by atoms with E-state index in [1.54, 1.807) is 11.3 Å². The van der Waals surface area contributed by atoms with Crippen molar-refractivity contribution in [1.29, 1.82) is 0 Å². The second kappa shape index (κ2) is 11.1. The molecule has 2 heterocycles. The Hall–Kier alpha value is -1.66. The van der Waals surface area contributed by atoms with Crippen molar-refractivity contribution < 1.29 is 12.8 Å². The maximum Gasteiger partial charge on any atom is 0.191 e. The van der Waals surface area contributed by atoms with Crippen molar-refractivity contribution in [3.05, 3.63) is 42.2 Å². The molecule has 2 N–H and O–H groups in total. The number of benzene rings is 1. The van der Waals surface area contributed by atoms with E-state index in [1.807, 2.05) is 50.2 Å². The standard InChI is InChI=1S/C20H26N4O3S2.HI/c1-4-21-20(23-14(2)11-12-29(3,25)26)22-13-15-9-10-17(27-15)19-24-16-7-5-6-8-18(16)28-19;/h5-10,14H,4,11-13H2,1-3H3,(H2,21,22,23);1H. The number of rotatable bonds is 8. The number of hydrogen-bond acceptors (Lipinski definition) is 6. The molecule has 0 aliphatic heterocycles. The predicted octanol–water partition coefficient (Wildman–Crippen LogP) is 4.05. The molecule has 0 aliphatic rings. The summed E-state index contributed by atoms with van der Waals surface area (Å²) in [5, 5.41) is 7.26. The molecule has 0 bridgehead atoms. The predicted molar refractivity (Wildman–Crippen MR) is 134 cm³/mol. The zero-order valence-corrected chi connectivity index (χ0v) is 21.2. The van der Waals surface area contributed by atoms with Gasteiger partial charge in [-0.2, -0.15) is 0 Å². The monoisotopic (exact) mass is 562 g/mol.